The van der Waals surface area contributed by atoms with Gasteiger partial charge in [0.25, 0.3) is 5.69 Å². The fourth-order valence-electron chi connectivity index (χ4n) is 1.98. The van der Waals surface area contributed by atoms with Crippen molar-refractivity contribution in [2.45, 2.75) is 18.2 Å². The van der Waals surface area contributed by atoms with Gasteiger partial charge < -0.3 is 5.32 Å². The Balaban J connectivity index is 2.00. The summed E-state index contributed by atoms with van der Waals surface area (Å²) >= 11 is 0. The average molecular weight is 285 g/mol. The molecule has 1 aliphatic heterocycles. The monoisotopic (exact) mass is 285 g/mol. The number of rotatable bonds is 5. The van der Waals surface area contributed by atoms with Gasteiger partial charge in [-0.2, -0.15) is 0 Å². The molecular weight excluding hydrogens is 270 g/mol. The third kappa shape index (κ3) is 3.98. The molecule has 1 aromatic rings. The number of nitro benzene ring substituents is 1. The van der Waals surface area contributed by atoms with E-state index in [-0.39, 0.29) is 17.5 Å². The molecule has 0 aliphatic carbocycles. The first-order valence-electron chi connectivity index (χ1n) is 5.90. The SMILES string of the molecule is O=[N+]([O-])c1ccc(CS(=O)(=O)NC2CCNC2)cc1. The molecule has 1 aliphatic rings. The standard InChI is InChI=1S/C11H15N3O4S/c15-14(16)11-3-1-9(2-4-11)8-19(17,18)13-10-5-6-12-7-10/h1-4,10,12-13H,5-8H2. The van der Waals surface area contributed by atoms with Crippen LogP contribution in [0.5, 0.6) is 0 Å². The summed E-state index contributed by atoms with van der Waals surface area (Å²) in [5, 5.41) is 13.6. The van der Waals surface area contributed by atoms with Crippen molar-refractivity contribution in [3.8, 4) is 0 Å². The first kappa shape index (κ1) is 13.9. The van der Waals surface area contributed by atoms with E-state index >= 15 is 0 Å². The molecule has 0 bridgehead atoms. The number of nitrogens with one attached hydrogen (secondary N) is 2. The van der Waals surface area contributed by atoms with Crippen LogP contribution in [0.1, 0.15) is 12.0 Å². The van der Waals surface area contributed by atoms with Crippen LogP contribution >= 0.6 is 0 Å². The Bertz CT molecular complexity index is 550. The van der Waals surface area contributed by atoms with Crippen LogP contribution in [0.15, 0.2) is 24.3 Å². The molecule has 0 saturated carbocycles. The van der Waals surface area contributed by atoms with E-state index in [2.05, 4.69) is 10.0 Å². The highest BCUT2D eigenvalue weighted by molar-refractivity contribution is 7.88. The van der Waals surface area contributed by atoms with Crippen molar-refractivity contribution >= 4 is 15.7 Å². The molecule has 0 spiro atoms. The zero-order valence-electron chi connectivity index (χ0n) is 10.2. The fraction of sp³-hybridized carbons (Fsp3) is 0.455. The van der Waals surface area contributed by atoms with Crippen LogP contribution in [0.3, 0.4) is 0 Å². The molecule has 1 atom stereocenters. The zero-order chi connectivity index (χ0) is 13.9. The summed E-state index contributed by atoms with van der Waals surface area (Å²) < 4.78 is 26.4. The van der Waals surface area contributed by atoms with Gasteiger partial charge in [-0.05, 0) is 18.5 Å². The van der Waals surface area contributed by atoms with Crippen molar-refractivity contribution in [2.75, 3.05) is 13.1 Å². The Labute approximate surface area is 111 Å². The number of hydrogen-bond acceptors (Lipinski definition) is 5. The predicted octanol–water partition coefficient (Wildman–Crippen LogP) is 0.376. The minimum atomic E-state index is -3.41. The summed E-state index contributed by atoms with van der Waals surface area (Å²) in [6, 6.07) is 5.47. The highest BCUT2D eigenvalue weighted by Crippen LogP contribution is 2.14. The molecule has 19 heavy (non-hydrogen) atoms. The second-order valence-corrected chi connectivity index (χ2v) is 6.24. The van der Waals surface area contributed by atoms with Crippen molar-refractivity contribution in [2.24, 2.45) is 0 Å². The van der Waals surface area contributed by atoms with Gasteiger partial charge >= 0.3 is 0 Å². The summed E-state index contributed by atoms with van der Waals surface area (Å²) in [6.07, 6.45) is 0.777. The third-order valence-electron chi connectivity index (χ3n) is 2.91. The maximum atomic E-state index is 11.9. The van der Waals surface area contributed by atoms with Gasteiger partial charge in [0.1, 0.15) is 0 Å². The molecule has 1 fully saturated rings. The number of benzene rings is 1. The third-order valence-corrected chi connectivity index (χ3v) is 4.32. The summed E-state index contributed by atoms with van der Waals surface area (Å²) in [5.41, 5.74) is 0.484. The van der Waals surface area contributed by atoms with E-state index in [1.807, 2.05) is 0 Å². The predicted molar refractivity (Wildman–Crippen MR) is 70.1 cm³/mol. The van der Waals surface area contributed by atoms with E-state index in [1.54, 1.807) is 0 Å². The first-order chi connectivity index (χ1) is 8.96. The van der Waals surface area contributed by atoms with Crippen molar-refractivity contribution < 1.29 is 13.3 Å². The van der Waals surface area contributed by atoms with E-state index in [1.165, 1.54) is 24.3 Å². The number of sulfonamides is 1. The van der Waals surface area contributed by atoms with E-state index in [0.717, 1.165) is 13.0 Å². The summed E-state index contributed by atoms with van der Waals surface area (Å²) in [7, 11) is -3.41. The highest BCUT2D eigenvalue weighted by atomic mass is 32.2. The van der Waals surface area contributed by atoms with Gasteiger partial charge in [-0.15, -0.1) is 0 Å². The molecule has 1 aromatic carbocycles. The topological polar surface area (TPSA) is 101 Å². The smallest absolute Gasteiger partial charge is 0.269 e. The van der Waals surface area contributed by atoms with Gasteiger partial charge in [0.15, 0.2) is 0 Å². The van der Waals surface area contributed by atoms with Crippen LogP contribution in [0.2, 0.25) is 0 Å². The second-order valence-electron chi connectivity index (χ2n) is 4.49. The van der Waals surface area contributed by atoms with Crippen LogP contribution in [0.25, 0.3) is 0 Å². The van der Waals surface area contributed by atoms with E-state index < -0.39 is 14.9 Å². The van der Waals surface area contributed by atoms with Gasteiger partial charge in [0.05, 0.1) is 10.7 Å². The summed E-state index contributed by atoms with van der Waals surface area (Å²) in [5.74, 6) is -0.165. The minimum Gasteiger partial charge on any atom is -0.315 e. The lowest BCUT2D eigenvalue weighted by Gasteiger charge is -2.11. The molecule has 2 N–H and O–H groups in total. The highest BCUT2D eigenvalue weighted by Gasteiger charge is 2.21. The quantitative estimate of drug-likeness (QED) is 0.601. The molecule has 1 saturated heterocycles. The molecule has 1 unspecified atom stereocenters. The Morgan fingerprint density at radius 2 is 2.05 bits per heavy atom. The minimum absolute atomic E-state index is 0.0471. The Kier molecular flexibility index (Phi) is 4.13. The van der Waals surface area contributed by atoms with Crippen LogP contribution in [0, 0.1) is 10.1 Å². The van der Waals surface area contributed by atoms with Crippen molar-refractivity contribution in [3.63, 3.8) is 0 Å². The van der Waals surface area contributed by atoms with E-state index in [9.17, 15) is 18.5 Å². The van der Waals surface area contributed by atoms with Crippen LogP contribution in [0.4, 0.5) is 5.69 Å². The summed E-state index contributed by atoms with van der Waals surface area (Å²) in [6.45, 7) is 1.45. The molecule has 0 aromatic heterocycles. The lowest BCUT2D eigenvalue weighted by Crippen LogP contribution is -2.36. The van der Waals surface area contributed by atoms with Crippen LogP contribution in [-0.4, -0.2) is 32.5 Å². The summed E-state index contributed by atoms with van der Waals surface area (Å²) in [4.78, 5) is 9.98. The van der Waals surface area contributed by atoms with Gasteiger partial charge in [-0.25, -0.2) is 13.1 Å². The molecule has 104 valence electrons. The molecule has 0 amide bonds. The Morgan fingerprint density at radius 3 is 2.58 bits per heavy atom. The number of nitrogens with zero attached hydrogens (tertiary/aromatic N) is 1. The van der Waals surface area contributed by atoms with Crippen molar-refractivity contribution in [1.82, 2.24) is 10.0 Å². The van der Waals surface area contributed by atoms with E-state index in [0.29, 0.717) is 12.1 Å². The van der Waals surface area contributed by atoms with Gasteiger partial charge in [-0.1, -0.05) is 12.1 Å². The zero-order valence-corrected chi connectivity index (χ0v) is 11.0. The molecular formula is C11H15N3O4S. The normalized spacial score (nSPS) is 19.5. The van der Waals surface area contributed by atoms with Crippen LogP contribution in [-0.2, 0) is 15.8 Å². The van der Waals surface area contributed by atoms with Crippen molar-refractivity contribution in [3.05, 3.63) is 39.9 Å². The first-order valence-corrected chi connectivity index (χ1v) is 7.55. The molecule has 1 heterocycles. The molecule has 0 radical (unpaired) electrons. The largest absolute Gasteiger partial charge is 0.315 e. The lowest BCUT2D eigenvalue weighted by atomic mass is 10.2. The van der Waals surface area contributed by atoms with Gasteiger partial charge in [-0.3, -0.25) is 10.1 Å². The molecule has 2 rings (SSSR count). The number of non-ortho nitro benzene ring substituents is 1. The maximum Gasteiger partial charge on any atom is 0.269 e. The second kappa shape index (κ2) is 5.64. The Hall–Kier alpha value is -1.51. The fourth-order valence-corrected chi connectivity index (χ4v) is 3.41. The van der Waals surface area contributed by atoms with E-state index in [4.69, 9.17) is 0 Å². The van der Waals surface area contributed by atoms with Crippen molar-refractivity contribution in [1.29, 1.82) is 0 Å². The number of nitro groups is 1. The van der Waals surface area contributed by atoms with Crippen LogP contribution < -0.4 is 10.0 Å². The average Bonchev–Trinajstić information content (AvgIpc) is 2.81. The maximum absolute atomic E-state index is 11.9. The number of hydrogen-bond donors (Lipinski definition) is 2. The van der Waals surface area contributed by atoms with Gasteiger partial charge in [0.2, 0.25) is 10.0 Å². The Morgan fingerprint density at radius 1 is 1.37 bits per heavy atom. The molecule has 8 heteroatoms. The van der Waals surface area contributed by atoms with Gasteiger partial charge in [0, 0.05) is 24.7 Å². The molecule has 7 nitrogen and oxygen atoms in total. The lowest BCUT2D eigenvalue weighted by molar-refractivity contribution is -0.384.